The Morgan fingerprint density at radius 2 is 1.61 bits per heavy atom. The van der Waals surface area contributed by atoms with Crippen LogP contribution in [0.4, 0.5) is 5.69 Å². The number of carbonyl (C=O) groups is 1. The molecule has 33 heavy (non-hydrogen) atoms. The molecule has 4 aromatic rings. The average molecular weight is 457 g/mol. The first-order chi connectivity index (χ1) is 16.1. The van der Waals surface area contributed by atoms with Gasteiger partial charge in [-0.25, -0.2) is 4.98 Å². The third-order valence-electron chi connectivity index (χ3n) is 5.12. The van der Waals surface area contributed by atoms with Crippen molar-refractivity contribution in [2.45, 2.75) is 16.7 Å². The summed E-state index contributed by atoms with van der Waals surface area (Å²) in [5, 5.41) is 12.4. The van der Waals surface area contributed by atoms with Crippen molar-refractivity contribution in [3.8, 4) is 17.1 Å². The van der Waals surface area contributed by atoms with Crippen molar-refractivity contribution >= 4 is 23.4 Å². The van der Waals surface area contributed by atoms with E-state index in [-0.39, 0.29) is 0 Å². The smallest absolute Gasteiger partial charge is 0.321 e. The molecule has 0 spiro atoms. The summed E-state index contributed by atoms with van der Waals surface area (Å²) in [5.41, 5.74) is 4.56. The number of hydrogen-bond acceptors (Lipinski definition) is 5. The largest absolute Gasteiger partial charge is 0.481 e. The summed E-state index contributed by atoms with van der Waals surface area (Å²) in [6, 6.07) is 31.0. The lowest BCUT2D eigenvalue weighted by Crippen LogP contribution is -2.07. The third kappa shape index (κ3) is 5.73. The van der Waals surface area contributed by atoms with E-state index in [2.05, 4.69) is 10.3 Å². The lowest BCUT2D eigenvalue weighted by Gasteiger charge is -2.14. The highest BCUT2D eigenvalue weighted by Gasteiger charge is 2.20. The van der Waals surface area contributed by atoms with Crippen LogP contribution >= 0.6 is 11.8 Å². The summed E-state index contributed by atoms with van der Waals surface area (Å²) in [5.74, 6) is -0.268. The Hall–Kier alpha value is -3.77. The SMILES string of the molecule is COc1nc(-c2ccccc2)ccc1CNc1ccc(SC(C(=O)O)c2ccccc2)cc1. The zero-order valence-electron chi connectivity index (χ0n) is 18.1. The topological polar surface area (TPSA) is 71.5 Å². The predicted octanol–water partition coefficient (Wildman–Crippen LogP) is 6.29. The zero-order valence-corrected chi connectivity index (χ0v) is 19.0. The predicted molar refractivity (Wildman–Crippen MR) is 133 cm³/mol. The fraction of sp³-hybridized carbons (Fsp3) is 0.111. The van der Waals surface area contributed by atoms with Crippen LogP contribution in [0.5, 0.6) is 5.88 Å². The first-order valence-electron chi connectivity index (χ1n) is 10.5. The van der Waals surface area contributed by atoms with Gasteiger partial charge in [0.2, 0.25) is 5.88 Å². The van der Waals surface area contributed by atoms with Gasteiger partial charge in [-0.3, -0.25) is 4.79 Å². The van der Waals surface area contributed by atoms with Crippen LogP contribution in [0.3, 0.4) is 0 Å². The van der Waals surface area contributed by atoms with Crippen LogP contribution in [0.1, 0.15) is 16.4 Å². The van der Waals surface area contributed by atoms with Gasteiger partial charge >= 0.3 is 5.97 Å². The second-order valence-electron chi connectivity index (χ2n) is 7.36. The molecule has 5 nitrogen and oxygen atoms in total. The Morgan fingerprint density at radius 3 is 2.24 bits per heavy atom. The monoisotopic (exact) mass is 456 g/mol. The van der Waals surface area contributed by atoms with E-state index in [1.807, 2.05) is 97.1 Å². The summed E-state index contributed by atoms with van der Waals surface area (Å²) >= 11 is 1.32. The molecular weight excluding hydrogens is 432 g/mol. The number of aliphatic carboxylic acids is 1. The number of nitrogens with zero attached hydrogens (tertiary/aromatic N) is 1. The van der Waals surface area contributed by atoms with Crippen LogP contribution in [0.25, 0.3) is 11.3 Å². The van der Waals surface area contributed by atoms with E-state index in [0.717, 1.165) is 33.0 Å². The summed E-state index contributed by atoms with van der Waals surface area (Å²) in [7, 11) is 1.62. The molecule has 166 valence electrons. The van der Waals surface area contributed by atoms with Gasteiger partial charge in [-0.15, -0.1) is 11.8 Å². The second kappa shape index (κ2) is 10.7. The molecule has 4 rings (SSSR count). The zero-order chi connectivity index (χ0) is 23.0. The lowest BCUT2D eigenvalue weighted by molar-refractivity contribution is -0.136. The molecule has 6 heteroatoms. The van der Waals surface area contributed by atoms with E-state index in [4.69, 9.17) is 4.74 Å². The molecule has 0 fully saturated rings. The molecular formula is C27H24N2O3S. The highest BCUT2D eigenvalue weighted by atomic mass is 32.2. The van der Waals surface area contributed by atoms with Crippen molar-refractivity contribution in [2.75, 3.05) is 12.4 Å². The molecule has 0 aliphatic carbocycles. The molecule has 3 aromatic carbocycles. The number of pyridine rings is 1. The van der Waals surface area contributed by atoms with Crippen LogP contribution in [0.2, 0.25) is 0 Å². The molecule has 1 heterocycles. The van der Waals surface area contributed by atoms with E-state index in [0.29, 0.717) is 12.4 Å². The van der Waals surface area contributed by atoms with Gasteiger partial charge in [-0.2, -0.15) is 0 Å². The lowest BCUT2D eigenvalue weighted by atomic mass is 10.1. The van der Waals surface area contributed by atoms with Crippen LogP contribution < -0.4 is 10.1 Å². The fourth-order valence-corrected chi connectivity index (χ4v) is 4.38. The first-order valence-corrected chi connectivity index (χ1v) is 11.4. The molecule has 1 aromatic heterocycles. The Bertz CT molecular complexity index is 1200. The minimum absolute atomic E-state index is 0.555. The van der Waals surface area contributed by atoms with Crippen molar-refractivity contribution < 1.29 is 14.6 Å². The van der Waals surface area contributed by atoms with Crippen LogP contribution in [0, 0.1) is 0 Å². The van der Waals surface area contributed by atoms with Gasteiger partial charge in [-0.05, 0) is 42.0 Å². The van der Waals surface area contributed by atoms with Crippen molar-refractivity contribution in [2.24, 2.45) is 0 Å². The van der Waals surface area contributed by atoms with Gasteiger partial charge in [0, 0.05) is 28.3 Å². The van der Waals surface area contributed by atoms with Crippen molar-refractivity contribution in [3.63, 3.8) is 0 Å². The van der Waals surface area contributed by atoms with E-state index < -0.39 is 11.2 Å². The maximum atomic E-state index is 11.8. The van der Waals surface area contributed by atoms with Gasteiger partial charge in [0.25, 0.3) is 0 Å². The van der Waals surface area contributed by atoms with Crippen LogP contribution in [-0.2, 0) is 11.3 Å². The summed E-state index contributed by atoms with van der Waals surface area (Å²) < 4.78 is 5.51. The van der Waals surface area contributed by atoms with Crippen molar-refractivity contribution in [1.29, 1.82) is 0 Å². The van der Waals surface area contributed by atoms with Gasteiger partial charge in [0.05, 0.1) is 12.8 Å². The summed E-state index contributed by atoms with van der Waals surface area (Å²) in [6.07, 6.45) is 0. The number of ether oxygens (including phenoxy) is 1. The molecule has 1 atom stereocenters. The number of carboxylic acids is 1. The number of methoxy groups -OCH3 is 1. The Kier molecular flexibility index (Phi) is 7.27. The molecule has 0 aliphatic rings. The van der Waals surface area contributed by atoms with Crippen LogP contribution in [0.15, 0.2) is 102 Å². The highest BCUT2D eigenvalue weighted by molar-refractivity contribution is 8.00. The first kappa shape index (κ1) is 22.4. The molecule has 0 aliphatic heterocycles. The molecule has 0 bridgehead atoms. The number of benzene rings is 3. The van der Waals surface area contributed by atoms with Gasteiger partial charge < -0.3 is 15.2 Å². The Labute approximate surface area is 197 Å². The quantitative estimate of drug-likeness (QED) is 0.289. The molecule has 1 unspecified atom stereocenters. The Balaban J connectivity index is 1.42. The second-order valence-corrected chi connectivity index (χ2v) is 8.53. The average Bonchev–Trinajstić information content (AvgIpc) is 2.87. The standard InChI is InChI=1S/C27H24N2O3S/c1-32-26-21(12-17-24(29-26)19-8-4-2-5-9-19)18-28-22-13-15-23(16-14-22)33-25(27(30)31)20-10-6-3-7-11-20/h2-17,25,28H,18H2,1H3,(H,30,31). The van der Waals surface area contributed by atoms with Crippen molar-refractivity contribution in [3.05, 3.63) is 108 Å². The number of hydrogen-bond donors (Lipinski definition) is 2. The van der Waals surface area contributed by atoms with Gasteiger partial charge in [-0.1, -0.05) is 60.7 Å². The van der Waals surface area contributed by atoms with Crippen molar-refractivity contribution in [1.82, 2.24) is 4.98 Å². The molecule has 0 saturated carbocycles. The molecule has 2 N–H and O–H groups in total. The number of rotatable bonds is 9. The molecule has 0 amide bonds. The number of thioether (sulfide) groups is 1. The van der Waals surface area contributed by atoms with Gasteiger partial charge in [0.1, 0.15) is 5.25 Å². The van der Waals surface area contributed by atoms with E-state index in [9.17, 15) is 9.90 Å². The maximum absolute atomic E-state index is 11.8. The molecule has 0 radical (unpaired) electrons. The third-order valence-corrected chi connectivity index (χ3v) is 6.37. The molecule has 0 saturated heterocycles. The summed E-state index contributed by atoms with van der Waals surface area (Å²) in [4.78, 5) is 17.3. The highest BCUT2D eigenvalue weighted by Crippen LogP contribution is 2.36. The van der Waals surface area contributed by atoms with Gasteiger partial charge in [0.15, 0.2) is 0 Å². The van der Waals surface area contributed by atoms with Crippen LogP contribution in [-0.4, -0.2) is 23.2 Å². The maximum Gasteiger partial charge on any atom is 0.321 e. The summed E-state index contributed by atoms with van der Waals surface area (Å²) in [6.45, 7) is 0.555. The van der Waals surface area contributed by atoms with E-state index >= 15 is 0 Å². The number of nitrogens with one attached hydrogen (secondary N) is 1. The van der Waals surface area contributed by atoms with E-state index in [1.165, 1.54) is 11.8 Å². The minimum Gasteiger partial charge on any atom is -0.481 e. The van der Waals surface area contributed by atoms with E-state index in [1.54, 1.807) is 7.11 Å². The normalized spacial score (nSPS) is 11.5. The number of anilines is 1. The Morgan fingerprint density at radius 1 is 0.939 bits per heavy atom. The fourth-order valence-electron chi connectivity index (χ4n) is 3.42. The number of carboxylic acid groups (broad SMARTS) is 1. The number of aromatic nitrogens is 1. The minimum atomic E-state index is -0.855.